The molecular formula is C23H34. The highest BCUT2D eigenvalue weighted by atomic mass is 14.2. The molecule has 0 bridgehead atoms. The molecule has 0 saturated heterocycles. The van der Waals surface area contributed by atoms with E-state index in [4.69, 9.17) is 0 Å². The summed E-state index contributed by atoms with van der Waals surface area (Å²) in [5.41, 5.74) is 7.48. The molecule has 0 aromatic heterocycles. The first-order chi connectivity index (χ1) is 11.2. The van der Waals surface area contributed by atoms with Gasteiger partial charge in [0.2, 0.25) is 0 Å². The third-order valence-electron chi connectivity index (χ3n) is 4.34. The van der Waals surface area contributed by atoms with Crippen LogP contribution >= 0.6 is 0 Å². The monoisotopic (exact) mass is 310 g/mol. The lowest BCUT2D eigenvalue weighted by atomic mass is 9.85. The lowest BCUT2D eigenvalue weighted by molar-refractivity contribution is 0.804. The molecule has 126 valence electrons. The van der Waals surface area contributed by atoms with Crippen molar-refractivity contribution in [3.8, 4) is 0 Å². The van der Waals surface area contributed by atoms with E-state index in [-0.39, 0.29) is 0 Å². The van der Waals surface area contributed by atoms with Crippen molar-refractivity contribution < 1.29 is 0 Å². The van der Waals surface area contributed by atoms with E-state index in [1.54, 1.807) is 5.57 Å². The molecule has 0 nitrogen and oxygen atoms in total. The SMILES string of the molecule is C=CCC/C=C(\CC)C(=C(CCC)CCC)c1ccccc1C. The number of benzene rings is 1. The molecule has 0 unspecified atom stereocenters. The van der Waals surface area contributed by atoms with E-state index in [0.717, 1.165) is 19.3 Å². The molecule has 0 amide bonds. The van der Waals surface area contributed by atoms with Crippen LogP contribution in [0, 0.1) is 6.92 Å². The van der Waals surface area contributed by atoms with Crippen LogP contribution in [-0.4, -0.2) is 0 Å². The minimum absolute atomic E-state index is 1.06. The Hall–Kier alpha value is -1.56. The summed E-state index contributed by atoms with van der Waals surface area (Å²) in [4.78, 5) is 0. The molecule has 0 heterocycles. The third kappa shape index (κ3) is 5.86. The van der Waals surface area contributed by atoms with Gasteiger partial charge in [-0.3, -0.25) is 0 Å². The van der Waals surface area contributed by atoms with Crippen LogP contribution in [0.2, 0.25) is 0 Å². The van der Waals surface area contributed by atoms with Crippen LogP contribution in [0.5, 0.6) is 0 Å². The first-order valence-electron chi connectivity index (χ1n) is 9.27. The summed E-state index contributed by atoms with van der Waals surface area (Å²) in [6.07, 6.45) is 12.5. The molecule has 0 saturated carbocycles. The zero-order valence-corrected chi connectivity index (χ0v) is 15.6. The first kappa shape index (κ1) is 19.5. The van der Waals surface area contributed by atoms with Gasteiger partial charge in [-0.15, -0.1) is 6.58 Å². The molecule has 0 fully saturated rings. The van der Waals surface area contributed by atoms with E-state index < -0.39 is 0 Å². The molecule has 0 atom stereocenters. The third-order valence-corrected chi connectivity index (χ3v) is 4.34. The van der Waals surface area contributed by atoms with Crippen molar-refractivity contribution in [3.63, 3.8) is 0 Å². The second kappa shape index (κ2) is 11.0. The van der Waals surface area contributed by atoms with Gasteiger partial charge in [0.25, 0.3) is 0 Å². The van der Waals surface area contributed by atoms with Gasteiger partial charge >= 0.3 is 0 Å². The van der Waals surface area contributed by atoms with Crippen LogP contribution in [0.1, 0.15) is 76.8 Å². The smallest absolute Gasteiger partial charge is 0.0153 e. The molecule has 1 aromatic carbocycles. The van der Waals surface area contributed by atoms with Crippen molar-refractivity contribution in [2.24, 2.45) is 0 Å². The van der Waals surface area contributed by atoms with Crippen LogP contribution < -0.4 is 0 Å². The Morgan fingerprint density at radius 3 is 2.17 bits per heavy atom. The Bertz CT molecular complexity index is 535. The molecule has 0 aliphatic heterocycles. The maximum absolute atomic E-state index is 3.85. The molecule has 0 N–H and O–H groups in total. The van der Waals surface area contributed by atoms with E-state index in [0.29, 0.717) is 0 Å². The number of allylic oxidation sites excluding steroid dienone is 5. The van der Waals surface area contributed by atoms with Gasteiger partial charge < -0.3 is 0 Å². The van der Waals surface area contributed by atoms with Crippen molar-refractivity contribution in [1.82, 2.24) is 0 Å². The standard InChI is InChI=1S/C23H34/c1-6-10-11-17-20(9-4)23(21(14-7-2)15-8-3)22-18-13-12-16-19(22)5/h6,12-13,16-18H,1,7-11,14-15H2,2-5H3/b20-17+. The Labute approximate surface area is 144 Å². The quantitative estimate of drug-likeness (QED) is 0.236. The van der Waals surface area contributed by atoms with Crippen LogP contribution in [0.15, 0.2) is 54.1 Å². The van der Waals surface area contributed by atoms with Crippen LogP contribution in [0.3, 0.4) is 0 Å². The minimum atomic E-state index is 1.06. The highest BCUT2D eigenvalue weighted by Gasteiger charge is 2.14. The summed E-state index contributed by atoms with van der Waals surface area (Å²) in [5.74, 6) is 0. The Kier molecular flexibility index (Phi) is 9.36. The predicted octanol–water partition coefficient (Wildman–Crippen LogP) is 7.65. The summed E-state index contributed by atoms with van der Waals surface area (Å²) in [6, 6.07) is 8.85. The van der Waals surface area contributed by atoms with Gasteiger partial charge in [-0.2, -0.15) is 0 Å². The summed E-state index contributed by atoms with van der Waals surface area (Å²) >= 11 is 0. The van der Waals surface area contributed by atoms with Gasteiger partial charge in [-0.05, 0) is 61.3 Å². The van der Waals surface area contributed by atoms with E-state index >= 15 is 0 Å². The molecule has 0 spiro atoms. The second-order valence-electron chi connectivity index (χ2n) is 6.24. The van der Waals surface area contributed by atoms with Gasteiger partial charge in [0.1, 0.15) is 0 Å². The van der Waals surface area contributed by atoms with Gasteiger partial charge in [0.15, 0.2) is 0 Å². The summed E-state index contributed by atoms with van der Waals surface area (Å²) < 4.78 is 0. The van der Waals surface area contributed by atoms with Crippen LogP contribution in [-0.2, 0) is 0 Å². The van der Waals surface area contributed by atoms with Crippen molar-refractivity contribution in [1.29, 1.82) is 0 Å². The van der Waals surface area contributed by atoms with E-state index in [9.17, 15) is 0 Å². The Balaban J connectivity index is 3.45. The largest absolute Gasteiger partial charge is 0.103 e. The first-order valence-corrected chi connectivity index (χ1v) is 9.27. The molecule has 0 heteroatoms. The van der Waals surface area contributed by atoms with Crippen molar-refractivity contribution >= 4 is 5.57 Å². The molecule has 23 heavy (non-hydrogen) atoms. The van der Waals surface area contributed by atoms with Gasteiger partial charge in [0, 0.05) is 0 Å². The number of hydrogen-bond acceptors (Lipinski definition) is 0. The number of rotatable bonds is 10. The zero-order valence-electron chi connectivity index (χ0n) is 15.6. The molecule has 1 aromatic rings. The molecular weight excluding hydrogens is 276 g/mol. The lowest BCUT2D eigenvalue weighted by Gasteiger charge is -2.20. The lowest BCUT2D eigenvalue weighted by Crippen LogP contribution is -1.99. The maximum Gasteiger partial charge on any atom is -0.0153 e. The highest BCUT2D eigenvalue weighted by Crippen LogP contribution is 2.35. The average molecular weight is 311 g/mol. The van der Waals surface area contributed by atoms with Gasteiger partial charge in [-0.25, -0.2) is 0 Å². The predicted molar refractivity (Wildman–Crippen MR) is 106 cm³/mol. The fourth-order valence-electron chi connectivity index (χ4n) is 3.22. The van der Waals surface area contributed by atoms with E-state index in [2.05, 4.69) is 64.6 Å². The Morgan fingerprint density at radius 1 is 1.00 bits per heavy atom. The fourth-order valence-corrected chi connectivity index (χ4v) is 3.22. The topological polar surface area (TPSA) is 0 Å². The second-order valence-corrected chi connectivity index (χ2v) is 6.24. The van der Waals surface area contributed by atoms with Crippen molar-refractivity contribution in [3.05, 3.63) is 65.3 Å². The van der Waals surface area contributed by atoms with Crippen molar-refractivity contribution in [2.75, 3.05) is 0 Å². The highest BCUT2D eigenvalue weighted by molar-refractivity contribution is 5.82. The number of aryl methyl sites for hydroxylation is 1. The molecule has 1 rings (SSSR count). The maximum atomic E-state index is 3.85. The molecule has 0 radical (unpaired) electrons. The molecule has 0 aliphatic rings. The van der Waals surface area contributed by atoms with Crippen molar-refractivity contribution in [2.45, 2.75) is 72.6 Å². The van der Waals surface area contributed by atoms with E-state index in [1.807, 2.05) is 6.08 Å². The average Bonchev–Trinajstić information content (AvgIpc) is 2.55. The normalized spacial score (nSPS) is 11.4. The van der Waals surface area contributed by atoms with Gasteiger partial charge in [0.05, 0.1) is 0 Å². The minimum Gasteiger partial charge on any atom is -0.103 e. The Morgan fingerprint density at radius 2 is 1.65 bits per heavy atom. The van der Waals surface area contributed by atoms with Gasteiger partial charge in [-0.1, -0.05) is 75.6 Å². The van der Waals surface area contributed by atoms with E-state index in [1.165, 1.54) is 48.0 Å². The fraction of sp³-hybridized carbons (Fsp3) is 0.478. The zero-order chi connectivity index (χ0) is 17.1. The molecule has 0 aliphatic carbocycles. The summed E-state index contributed by atoms with van der Waals surface area (Å²) in [6.45, 7) is 13.0. The number of hydrogen-bond donors (Lipinski definition) is 0. The summed E-state index contributed by atoms with van der Waals surface area (Å²) in [5, 5.41) is 0. The number of unbranched alkanes of at least 4 members (excludes halogenated alkanes) is 1. The summed E-state index contributed by atoms with van der Waals surface area (Å²) in [7, 11) is 0. The van der Waals surface area contributed by atoms with Crippen LogP contribution in [0.25, 0.3) is 5.57 Å². The van der Waals surface area contributed by atoms with Crippen LogP contribution in [0.4, 0.5) is 0 Å².